The zero-order valence-electron chi connectivity index (χ0n) is 9.38. The summed E-state index contributed by atoms with van der Waals surface area (Å²) in [6.07, 6.45) is 0.910. The Hall–Kier alpha value is -1.10. The molecular formula is C10H19N3O2. The lowest BCUT2D eigenvalue weighted by molar-refractivity contribution is -0.134. The van der Waals surface area contributed by atoms with Gasteiger partial charge in [0.2, 0.25) is 11.8 Å². The number of hydrogen-bond donors (Lipinski definition) is 2. The maximum atomic E-state index is 11.6. The van der Waals surface area contributed by atoms with Crippen molar-refractivity contribution >= 4 is 11.8 Å². The number of rotatable bonds is 4. The highest BCUT2D eigenvalue weighted by atomic mass is 16.2. The first-order chi connectivity index (χ1) is 7.13. The number of carbonyl (C=O) groups is 2. The van der Waals surface area contributed by atoms with Gasteiger partial charge < -0.3 is 15.5 Å². The molecule has 1 heterocycles. The molecule has 0 aromatic carbocycles. The van der Waals surface area contributed by atoms with Gasteiger partial charge in [0.05, 0.1) is 0 Å². The highest BCUT2D eigenvalue weighted by molar-refractivity contribution is 5.97. The molecule has 5 nitrogen and oxygen atoms in total. The average Bonchev–Trinajstić information content (AvgIpc) is 2.26. The first kappa shape index (κ1) is 12.0. The Balaban J connectivity index is 2.46. The second-order valence-corrected chi connectivity index (χ2v) is 3.94. The first-order valence-electron chi connectivity index (χ1n) is 5.35. The van der Waals surface area contributed by atoms with Crippen LogP contribution in [0, 0.1) is 0 Å². The van der Waals surface area contributed by atoms with Crippen molar-refractivity contribution in [1.82, 2.24) is 15.5 Å². The maximum absolute atomic E-state index is 11.6. The van der Waals surface area contributed by atoms with Gasteiger partial charge in [-0.3, -0.25) is 9.59 Å². The van der Waals surface area contributed by atoms with Gasteiger partial charge >= 0.3 is 0 Å². The summed E-state index contributed by atoms with van der Waals surface area (Å²) in [7, 11) is 1.89. The molecule has 86 valence electrons. The van der Waals surface area contributed by atoms with E-state index in [2.05, 4.69) is 10.6 Å². The molecule has 0 aliphatic carbocycles. The molecule has 2 amide bonds. The summed E-state index contributed by atoms with van der Waals surface area (Å²) in [5, 5.41) is 5.81. The van der Waals surface area contributed by atoms with Crippen LogP contribution < -0.4 is 10.6 Å². The maximum Gasteiger partial charge on any atom is 0.232 e. The predicted octanol–water partition coefficient (Wildman–Crippen LogP) is -0.667. The minimum Gasteiger partial charge on any atom is -0.351 e. The average molecular weight is 213 g/mol. The fourth-order valence-corrected chi connectivity index (χ4v) is 1.72. The van der Waals surface area contributed by atoms with Gasteiger partial charge in [-0.05, 0) is 26.9 Å². The van der Waals surface area contributed by atoms with Crippen LogP contribution >= 0.6 is 0 Å². The summed E-state index contributed by atoms with van der Waals surface area (Å²) >= 11 is 0. The third kappa shape index (κ3) is 3.87. The van der Waals surface area contributed by atoms with Crippen molar-refractivity contribution < 1.29 is 9.59 Å². The lowest BCUT2D eigenvalue weighted by atomic mass is 10.3. The lowest BCUT2D eigenvalue weighted by Gasteiger charge is -2.22. The van der Waals surface area contributed by atoms with Crippen LogP contribution in [0.15, 0.2) is 0 Å². The molecule has 5 heteroatoms. The van der Waals surface area contributed by atoms with Gasteiger partial charge in [-0.25, -0.2) is 0 Å². The van der Waals surface area contributed by atoms with Gasteiger partial charge in [-0.1, -0.05) is 0 Å². The van der Waals surface area contributed by atoms with Crippen LogP contribution in [0.2, 0.25) is 0 Å². The lowest BCUT2D eigenvalue weighted by Crippen LogP contribution is -2.39. The second-order valence-electron chi connectivity index (χ2n) is 3.94. The van der Waals surface area contributed by atoms with Crippen LogP contribution in [0.1, 0.15) is 19.8 Å². The topological polar surface area (TPSA) is 61.4 Å². The standard InChI is InChI=1S/C10H19N3O2/c1-8-7-13(5-3-4-11-2)10(15)6-9(14)12-8/h8,11H,3-7H2,1-2H3,(H,12,14). The van der Waals surface area contributed by atoms with Crippen LogP contribution in [0.3, 0.4) is 0 Å². The van der Waals surface area contributed by atoms with E-state index in [9.17, 15) is 9.59 Å². The number of nitrogens with zero attached hydrogens (tertiary/aromatic N) is 1. The fourth-order valence-electron chi connectivity index (χ4n) is 1.72. The normalized spacial score (nSPS) is 22.5. The van der Waals surface area contributed by atoms with Gasteiger partial charge in [-0.2, -0.15) is 0 Å². The highest BCUT2D eigenvalue weighted by Gasteiger charge is 2.24. The van der Waals surface area contributed by atoms with Crippen molar-refractivity contribution in [2.24, 2.45) is 0 Å². The van der Waals surface area contributed by atoms with Crippen LogP contribution in [0.5, 0.6) is 0 Å². The van der Waals surface area contributed by atoms with Crippen molar-refractivity contribution in [3.8, 4) is 0 Å². The van der Waals surface area contributed by atoms with Crippen molar-refractivity contribution in [2.45, 2.75) is 25.8 Å². The largest absolute Gasteiger partial charge is 0.351 e. The van der Waals surface area contributed by atoms with E-state index in [1.807, 2.05) is 14.0 Å². The molecule has 1 atom stereocenters. The molecule has 15 heavy (non-hydrogen) atoms. The minimum atomic E-state index is -0.163. The second kappa shape index (κ2) is 5.70. The number of amides is 2. The molecule has 0 aromatic heterocycles. The molecule has 1 aliphatic heterocycles. The third-order valence-corrected chi connectivity index (χ3v) is 2.42. The summed E-state index contributed by atoms with van der Waals surface area (Å²) in [5.41, 5.74) is 0. The van der Waals surface area contributed by atoms with Crippen molar-refractivity contribution in [2.75, 3.05) is 26.7 Å². The van der Waals surface area contributed by atoms with Gasteiger partial charge in [0, 0.05) is 19.1 Å². The van der Waals surface area contributed by atoms with Crippen molar-refractivity contribution in [3.63, 3.8) is 0 Å². The summed E-state index contributed by atoms with van der Waals surface area (Å²) < 4.78 is 0. The zero-order valence-corrected chi connectivity index (χ0v) is 9.38. The van der Waals surface area contributed by atoms with Crippen molar-refractivity contribution in [1.29, 1.82) is 0 Å². The van der Waals surface area contributed by atoms with E-state index in [1.54, 1.807) is 4.90 Å². The Morgan fingerprint density at radius 1 is 1.53 bits per heavy atom. The molecule has 1 rings (SSSR count). The van der Waals surface area contributed by atoms with Crippen LogP contribution in [-0.4, -0.2) is 49.4 Å². The summed E-state index contributed by atoms with van der Waals surface area (Å²) in [6.45, 7) is 4.15. The highest BCUT2D eigenvalue weighted by Crippen LogP contribution is 2.03. The Morgan fingerprint density at radius 2 is 2.27 bits per heavy atom. The van der Waals surface area contributed by atoms with Crippen LogP contribution in [-0.2, 0) is 9.59 Å². The number of carbonyl (C=O) groups excluding carboxylic acids is 2. The van der Waals surface area contributed by atoms with Gasteiger partial charge in [0.1, 0.15) is 6.42 Å². The SMILES string of the molecule is CNCCCN1CC(C)NC(=O)CC1=O. The minimum absolute atomic E-state index is 0.0100. The smallest absolute Gasteiger partial charge is 0.232 e. The zero-order chi connectivity index (χ0) is 11.3. The quantitative estimate of drug-likeness (QED) is 0.481. The van der Waals surface area contributed by atoms with Gasteiger partial charge in [-0.15, -0.1) is 0 Å². The Labute approximate surface area is 90.2 Å². The predicted molar refractivity (Wildman–Crippen MR) is 57.3 cm³/mol. The molecule has 0 spiro atoms. The third-order valence-electron chi connectivity index (χ3n) is 2.42. The molecule has 1 fully saturated rings. The fraction of sp³-hybridized carbons (Fsp3) is 0.800. The first-order valence-corrected chi connectivity index (χ1v) is 5.35. The molecule has 1 saturated heterocycles. The molecular weight excluding hydrogens is 194 g/mol. The van der Waals surface area contributed by atoms with E-state index in [1.165, 1.54) is 0 Å². The van der Waals surface area contributed by atoms with Crippen molar-refractivity contribution in [3.05, 3.63) is 0 Å². The van der Waals surface area contributed by atoms with Gasteiger partial charge in [0.25, 0.3) is 0 Å². The van der Waals surface area contributed by atoms with E-state index in [4.69, 9.17) is 0 Å². The molecule has 1 aliphatic rings. The number of nitrogens with one attached hydrogen (secondary N) is 2. The molecule has 2 N–H and O–H groups in total. The molecule has 0 bridgehead atoms. The van der Waals surface area contributed by atoms with E-state index in [0.29, 0.717) is 6.54 Å². The molecule has 0 aromatic rings. The van der Waals surface area contributed by atoms with Gasteiger partial charge in [0.15, 0.2) is 0 Å². The molecule has 1 unspecified atom stereocenters. The molecule has 0 radical (unpaired) electrons. The van der Waals surface area contributed by atoms with E-state index in [-0.39, 0.29) is 24.3 Å². The van der Waals surface area contributed by atoms with Crippen LogP contribution in [0.25, 0.3) is 0 Å². The summed E-state index contributed by atoms with van der Waals surface area (Å²) in [6, 6.07) is 0.0542. The number of hydrogen-bond acceptors (Lipinski definition) is 3. The Kier molecular flexibility index (Phi) is 4.55. The van der Waals surface area contributed by atoms with E-state index >= 15 is 0 Å². The summed E-state index contributed by atoms with van der Waals surface area (Å²) in [5.74, 6) is -0.225. The van der Waals surface area contributed by atoms with Crippen LogP contribution in [0.4, 0.5) is 0 Å². The summed E-state index contributed by atoms with van der Waals surface area (Å²) in [4.78, 5) is 24.6. The monoisotopic (exact) mass is 213 g/mol. The van der Waals surface area contributed by atoms with E-state index < -0.39 is 0 Å². The Morgan fingerprint density at radius 3 is 2.93 bits per heavy atom. The van der Waals surface area contributed by atoms with E-state index in [0.717, 1.165) is 19.5 Å². The Bertz CT molecular complexity index is 243. The molecule has 0 saturated carbocycles.